The summed E-state index contributed by atoms with van der Waals surface area (Å²) in [4.78, 5) is 0. The van der Waals surface area contributed by atoms with Gasteiger partial charge in [-0.2, -0.15) is 0 Å². The number of hydrogen-bond donors (Lipinski definition) is 2. The first-order valence-electron chi connectivity index (χ1n) is 7.16. The van der Waals surface area contributed by atoms with Crippen molar-refractivity contribution in [3.8, 4) is 5.75 Å². The van der Waals surface area contributed by atoms with Crippen molar-refractivity contribution in [3.05, 3.63) is 64.2 Å². The molecule has 1 aliphatic carbocycles. The van der Waals surface area contributed by atoms with E-state index in [1.165, 1.54) is 0 Å². The summed E-state index contributed by atoms with van der Waals surface area (Å²) in [5.74, 6) is 6.65. The molecule has 0 spiro atoms. The molecule has 1 atom stereocenters. The summed E-state index contributed by atoms with van der Waals surface area (Å²) >= 11 is 6.22. The van der Waals surface area contributed by atoms with Crippen LogP contribution in [0.4, 0.5) is 0 Å². The van der Waals surface area contributed by atoms with Crippen molar-refractivity contribution in [2.45, 2.75) is 31.9 Å². The molecule has 3 nitrogen and oxygen atoms in total. The molecule has 0 saturated heterocycles. The van der Waals surface area contributed by atoms with Gasteiger partial charge < -0.3 is 4.74 Å². The smallest absolute Gasteiger partial charge is 0.120 e. The number of nitrogens with two attached hydrogens (primary N) is 1. The van der Waals surface area contributed by atoms with E-state index >= 15 is 0 Å². The zero-order valence-electron chi connectivity index (χ0n) is 12.0. The van der Waals surface area contributed by atoms with Gasteiger partial charge in [0.15, 0.2) is 0 Å². The van der Waals surface area contributed by atoms with Gasteiger partial charge in [-0.25, -0.2) is 5.43 Å². The summed E-state index contributed by atoms with van der Waals surface area (Å²) < 4.78 is 5.84. The second-order valence-electron chi connectivity index (χ2n) is 5.50. The average molecular weight is 303 g/mol. The molecule has 1 unspecified atom stereocenters. The van der Waals surface area contributed by atoms with Crippen LogP contribution in [0.2, 0.25) is 5.02 Å². The van der Waals surface area contributed by atoms with Crippen LogP contribution in [0, 0.1) is 6.92 Å². The second kappa shape index (κ2) is 6.06. The summed E-state index contributed by atoms with van der Waals surface area (Å²) in [6, 6.07) is 14.0. The van der Waals surface area contributed by atoms with Crippen LogP contribution in [0.5, 0.6) is 5.75 Å². The Bertz CT molecular complexity index is 640. The molecular formula is C17H19ClN2O. The highest BCUT2D eigenvalue weighted by Crippen LogP contribution is 2.30. The highest BCUT2D eigenvalue weighted by Gasteiger charge is 2.24. The SMILES string of the molecule is Cc1ccc(C(NN)c2cccc(OC3CC3)c2)cc1Cl. The maximum absolute atomic E-state index is 6.22. The number of halogens is 1. The molecule has 1 fully saturated rings. The van der Waals surface area contributed by atoms with Gasteiger partial charge in [0.2, 0.25) is 0 Å². The summed E-state index contributed by atoms with van der Waals surface area (Å²) in [7, 11) is 0. The summed E-state index contributed by atoms with van der Waals surface area (Å²) in [6.45, 7) is 1.99. The van der Waals surface area contributed by atoms with Gasteiger partial charge in [0.1, 0.15) is 5.75 Å². The molecule has 0 aromatic heterocycles. The van der Waals surface area contributed by atoms with E-state index in [1.54, 1.807) is 0 Å². The van der Waals surface area contributed by atoms with Crippen LogP contribution in [-0.4, -0.2) is 6.10 Å². The van der Waals surface area contributed by atoms with Gasteiger partial charge in [-0.15, -0.1) is 0 Å². The van der Waals surface area contributed by atoms with E-state index in [0.29, 0.717) is 6.10 Å². The highest BCUT2D eigenvalue weighted by atomic mass is 35.5. The third-order valence-electron chi connectivity index (χ3n) is 3.71. The molecule has 0 amide bonds. The topological polar surface area (TPSA) is 47.3 Å². The van der Waals surface area contributed by atoms with Crippen LogP contribution in [0.25, 0.3) is 0 Å². The van der Waals surface area contributed by atoms with Crippen molar-refractivity contribution in [2.24, 2.45) is 5.84 Å². The minimum atomic E-state index is -0.106. The molecule has 21 heavy (non-hydrogen) atoms. The van der Waals surface area contributed by atoms with E-state index in [0.717, 1.165) is 40.3 Å². The third-order valence-corrected chi connectivity index (χ3v) is 4.12. The van der Waals surface area contributed by atoms with Gasteiger partial charge in [0.05, 0.1) is 12.1 Å². The first kappa shape index (κ1) is 14.4. The van der Waals surface area contributed by atoms with Crippen LogP contribution in [0.15, 0.2) is 42.5 Å². The van der Waals surface area contributed by atoms with Crippen LogP contribution in [0.1, 0.15) is 35.6 Å². The number of aryl methyl sites for hydroxylation is 1. The van der Waals surface area contributed by atoms with Gasteiger partial charge in [-0.05, 0) is 54.7 Å². The van der Waals surface area contributed by atoms with E-state index in [1.807, 2.05) is 49.4 Å². The van der Waals surface area contributed by atoms with Crippen molar-refractivity contribution in [2.75, 3.05) is 0 Å². The number of hydrogen-bond acceptors (Lipinski definition) is 3. The minimum absolute atomic E-state index is 0.106. The summed E-state index contributed by atoms with van der Waals surface area (Å²) in [5.41, 5.74) is 6.02. The van der Waals surface area contributed by atoms with Crippen LogP contribution in [0.3, 0.4) is 0 Å². The lowest BCUT2D eigenvalue weighted by atomic mass is 9.98. The quantitative estimate of drug-likeness (QED) is 0.653. The van der Waals surface area contributed by atoms with E-state index < -0.39 is 0 Å². The molecule has 110 valence electrons. The molecule has 1 saturated carbocycles. The van der Waals surface area contributed by atoms with Gasteiger partial charge in [0.25, 0.3) is 0 Å². The molecule has 0 bridgehead atoms. The lowest BCUT2D eigenvalue weighted by Gasteiger charge is -2.18. The largest absolute Gasteiger partial charge is 0.490 e. The van der Waals surface area contributed by atoms with Crippen molar-refractivity contribution >= 4 is 11.6 Å². The van der Waals surface area contributed by atoms with Crippen molar-refractivity contribution < 1.29 is 4.74 Å². The third kappa shape index (κ3) is 3.38. The highest BCUT2D eigenvalue weighted by molar-refractivity contribution is 6.31. The lowest BCUT2D eigenvalue weighted by Crippen LogP contribution is -2.28. The zero-order valence-corrected chi connectivity index (χ0v) is 12.7. The molecule has 2 aromatic carbocycles. The normalized spacial score (nSPS) is 15.8. The predicted molar refractivity (Wildman–Crippen MR) is 85.4 cm³/mol. The molecular weight excluding hydrogens is 284 g/mol. The predicted octanol–water partition coefficient (Wildman–Crippen LogP) is 3.74. The van der Waals surface area contributed by atoms with E-state index in [-0.39, 0.29) is 6.04 Å². The fourth-order valence-electron chi connectivity index (χ4n) is 2.32. The fraction of sp³-hybridized carbons (Fsp3) is 0.294. The number of benzene rings is 2. The maximum Gasteiger partial charge on any atom is 0.120 e. The fourth-order valence-corrected chi connectivity index (χ4v) is 2.51. The molecule has 1 aliphatic rings. The molecule has 3 N–H and O–H groups in total. The molecule has 0 heterocycles. The Balaban J connectivity index is 1.89. The molecule has 3 rings (SSSR count). The van der Waals surface area contributed by atoms with Crippen LogP contribution in [-0.2, 0) is 0 Å². The van der Waals surface area contributed by atoms with Crippen molar-refractivity contribution in [1.29, 1.82) is 0 Å². The van der Waals surface area contributed by atoms with Crippen LogP contribution < -0.4 is 16.0 Å². The number of rotatable bonds is 5. The minimum Gasteiger partial charge on any atom is -0.490 e. The molecule has 0 radical (unpaired) electrons. The second-order valence-corrected chi connectivity index (χ2v) is 5.91. The van der Waals surface area contributed by atoms with Gasteiger partial charge >= 0.3 is 0 Å². The van der Waals surface area contributed by atoms with E-state index in [2.05, 4.69) is 5.43 Å². The number of nitrogens with one attached hydrogen (secondary N) is 1. The summed E-state index contributed by atoms with van der Waals surface area (Å²) in [6.07, 6.45) is 2.69. The van der Waals surface area contributed by atoms with Gasteiger partial charge in [-0.3, -0.25) is 5.84 Å². The Morgan fingerprint density at radius 3 is 2.62 bits per heavy atom. The van der Waals surface area contributed by atoms with E-state index in [9.17, 15) is 0 Å². The molecule has 2 aromatic rings. The Morgan fingerprint density at radius 1 is 1.19 bits per heavy atom. The average Bonchev–Trinajstić information content (AvgIpc) is 3.28. The van der Waals surface area contributed by atoms with Crippen molar-refractivity contribution in [1.82, 2.24) is 5.43 Å². The maximum atomic E-state index is 6.22. The zero-order chi connectivity index (χ0) is 14.8. The monoisotopic (exact) mass is 302 g/mol. The first-order chi connectivity index (χ1) is 10.2. The standard InChI is InChI=1S/C17H19ClN2O/c1-11-5-6-13(10-16(11)18)17(20-19)12-3-2-4-15(9-12)21-14-7-8-14/h2-6,9-10,14,17,20H,7-8,19H2,1H3. The number of hydrazine groups is 1. The van der Waals surface area contributed by atoms with Crippen LogP contribution >= 0.6 is 11.6 Å². The lowest BCUT2D eigenvalue weighted by molar-refractivity contribution is 0.302. The first-order valence-corrected chi connectivity index (χ1v) is 7.54. The Morgan fingerprint density at radius 2 is 1.95 bits per heavy atom. The molecule has 0 aliphatic heterocycles. The Kier molecular flexibility index (Phi) is 4.15. The van der Waals surface area contributed by atoms with Gasteiger partial charge in [0, 0.05) is 5.02 Å². The van der Waals surface area contributed by atoms with Gasteiger partial charge in [-0.1, -0.05) is 35.9 Å². The van der Waals surface area contributed by atoms with Crippen molar-refractivity contribution in [3.63, 3.8) is 0 Å². The van der Waals surface area contributed by atoms with E-state index in [4.69, 9.17) is 22.2 Å². The summed E-state index contributed by atoms with van der Waals surface area (Å²) in [5, 5.41) is 0.748. The number of ether oxygens (including phenoxy) is 1. The Hall–Kier alpha value is -1.55. The Labute approximate surface area is 130 Å². The molecule has 4 heteroatoms.